The number of urea groups is 1. The smallest absolute Gasteiger partial charge is 0.332 e. The number of rotatable bonds is 13. The van der Waals surface area contributed by atoms with Crippen molar-refractivity contribution in [2.75, 3.05) is 26.0 Å². The van der Waals surface area contributed by atoms with Crippen LogP contribution in [0.2, 0.25) is 0 Å². The highest BCUT2D eigenvalue weighted by atomic mass is 32.2. The van der Waals surface area contributed by atoms with Gasteiger partial charge in [0.05, 0.1) is 12.4 Å². The summed E-state index contributed by atoms with van der Waals surface area (Å²) in [6.45, 7) is 5.07. The van der Waals surface area contributed by atoms with Crippen LogP contribution >= 0.6 is 11.8 Å². The molecule has 2 aromatic rings. The van der Waals surface area contributed by atoms with Gasteiger partial charge >= 0.3 is 11.7 Å². The van der Waals surface area contributed by atoms with Crippen LogP contribution in [0.5, 0.6) is 0 Å². The molecule has 12 heteroatoms. The van der Waals surface area contributed by atoms with Crippen molar-refractivity contribution in [3.8, 4) is 0 Å². The molecule has 34 heavy (non-hydrogen) atoms. The summed E-state index contributed by atoms with van der Waals surface area (Å²) in [5.41, 5.74) is -0.655. The summed E-state index contributed by atoms with van der Waals surface area (Å²) in [5, 5.41) is 5.28. The molecule has 11 nitrogen and oxygen atoms in total. The molecule has 0 aliphatic heterocycles. The summed E-state index contributed by atoms with van der Waals surface area (Å²) in [5.74, 6) is -0.133. The van der Waals surface area contributed by atoms with Gasteiger partial charge in [-0.3, -0.25) is 24.0 Å². The largest absolute Gasteiger partial charge is 0.383 e. The molecule has 0 spiro atoms. The number of aryl methyl sites for hydroxylation is 2. The molecule has 2 rings (SSSR count). The summed E-state index contributed by atoms with van der Waals surface area (Å²) in [6.07, 6.45) is 5.40. The number of hydrogen-bond acceptors (Lipinski definition) is 8. The standard InChI is InChI=1S/C22H34N6O5S/c1-5-7-8-9-10-15-24-18-17(20(30)27(3)22(32)28(18)12-6-2)19(25-15)34-14-16(29)26-21(31)23-11-13-33-4/h5-14H2,1-4H3,(H2,23,26,29,31). The average Bonchev–Trinajstić information content (AvgIpc) is 2.81. The van der Waals surface area contributed by atoms with E-state index >= 15 is 0 Å². The summed E-state index contributed by atoms with van der Waals surface area (Å²) in [4.78, 5) is 59.0. The number of carbonyl (C=O) groups excluding carboxylic acids is 2. The molecule has 0 atom stereocenters. The fourth-order valence-electron chi connectivity index (χ4n) is 3.34. The molecule has 0 saturated carbocycles. The lowest BCUT2D eigenvalue weighted by Gasteiger charge is -2.14. The van der Waals surface area contributed by atoms with Gasteiger partial charge in [-0.25, -0.2) is 19.6 Å². The van der Waals surface area contributed by atoms with Crippen molar-refractivity contribution >= 4 is 34.7 Å². The summed E-state index contributed by atoms with van der Waals surface area (Å²) >= 11 is 1.05. The molecule has 2 N–H and O–H groups in total. The fourth-order valence-corrected chi connectivity index (χ4v) is 4.17. The van der Waals surface area contributed by atoms with Crippen LogP contribution in [0.1, 0.15) is 51.8 Å². The van der Waals surface area contributed by atoms with Crippen molar-refractivity contribution in [3.05, 3.63) is 26.7 Å². The molecule has 0 bridgehead atoms. The molecular formula is C22H34N6O5S. The molecule has 2 heterocycles. The molecule has 3 amide bonds. The Balaban J connectivity index is 2.37. The lowest BCUT2D eigenvalue weighted by atomic mass is 10.1. The zero-order chi connectivity index (χ0) is 25.1. The van der Waals surface area contributed by atoms with Crippen LogP contribution < -0.4 is 21.9 Å². The number of hydrogen-bond donors (Lipinski definition) is 2. The number of unbranched alkanes of at least 4 members (excludes halogenated alkanes) is 3. The van der Waals surface area contributed by atoms with Crippen molar-refractivity contribution in [2.45, 2.75) is 63.9 Å². The Morgan fingerprint density at radius 2 is 1.85 bits per heavy atom. The van der Waals surface area contributed by atoms with Crippen LogP contribution in [-0.4, -0.2) is 57.1 Å². The van der Waals surface area contributed by atoms with Crippen molar-refractivity contribution in [3.63, 3.8) is 0 Å². The summed E-state index contributed by atoms with van der Waals surface area (Å²) in [6, 6.07) is -0.625. The monoisotopic (exact) mass is 494 g/mol. The third-order valence-corrected chi connectivity index (χ3v) is 6.06. The third kappa shape index (κ3) is 7.39. The van der Waals surface area contributed by atoms with Crippen LogP contribution in [0.25, 0.3) is 11.0 Å². The van der Waals surface area contributed by atoms with E-state index in [4.69, 9.17) is 4.74 Å². The Bertz CT molecular complexity index is 1110. The van der Waals surface area contributed by atoms with Crippen LogP contribution in [0.4, 0.5) is 4.79 Å². The number of ether oxygens (including phenoxy) is 1. The Labute approximate surface area is 202 Å². The Morgan fingerprint density at radius 1 is 1.09 bits per heavy atom. The predicted octanol–water partition coefficient (Wildman–Crippen LogP) is 1.59. The number of nitrogens with zero attached hydrogens (tertiary/aromatic N) is 4. The van der Waals surface area contributed by atoms with Gasteiger partial charge in [0.1, 0.15) is 16.2 Å². The van der Waals surface area contributed by atoms with E-state index < -0.39 is 23.2 Å². The maximum absolute atomic E-state index is 13.0. The zero-order valence-corrected chi connectivity index (χ0v) is 21.1. The van der Waals surface area contributed by atoms with Gasteiger partial charge < -0.3 is 10.1 Å². The number of thioether (sulfide) groups is 1. The van der Waals surface area contributed by atoms with Crippen LogP contribution in [0, 0.1) is 0 Å². The Kier molecular flexibility index (Phi) is 11.2. The number of aromatic nitrogens is 4. The lowest BCUT2D eigenvalue weighted by Crippen LogP contribution is -2.41. The summed E-state index contributed by atoms with van der Waals surface area (Å²) in [7, 11) is 2.93. The number of amides is 3. The molecular weight excluding hydrogens is 460 g/mol. The first-order chi connectivity index (χ1) is 16.3. The van der Waals surface area contributed by atoms with Gasteiger partial charge in [-0.15, -0.1) is 0 Å². The second-order valence-electron chi connectivity index (χ2n) is 7.84. The quantitative estimate of drug-likeness (QED) is 0.243. The van der Waals surface area contributed by atoms with Crippen LogP contribution in [-0.2, 0) is 29.5 Å². The van der Waals surface area contributed by atoms with E-state index in [0.717, 1.165) is 42.0 Å². The average molecular weight is 495 g/mol. The third-order valence-electron chi connectivity index (χ3n) is 5.08. The molecule has 0 saturated heterocycles. The first kappa shape index (κ1) is 27.5. The van der Waals surface area contributed by atoms with Crippen LogP contribution in [0.15, 0.2) is 14.6 Å². The minimum Gasteiger partial charge on any atom is -0.383 e. The molecule has 0 aliphatic carbocycles. The molecule has 0 aromatic carbocycles. The molecule has 0 radical (unpaired) electrons. The normalized spacial score (nSPS) is 11.1. The number of nitrogens with one attached hydrogen (secondary N) is 2. The van der Waals surface area contributed by atoms with Gasteiger partial charge in [0.15, 0.2) is 5.65 Å². The molecule has 2 aromatic heterocycles. The molecule has 0 fully saturated rings. The highest BCUT2D eigenvalue weighted by Crippen LogP contribution is 2.23. The molecule has 188 valence electrons. The second-order valence-corrected chi connectivity index (χ2v) is 8.80. The van der Waals surface area contributed by atoms with E-state index in [1.165, 1.54) is 18.7 Å². The Hall–Kier alpha value is -2.73. The van der Waals surface area contributed by atoms with E-state index in [-0.39, 0.29) is 23.3 Å². The van der Waals surface area contributed by atoms with Gasteiger partial charge in [-0.2, -0.15) is 0 Å². The fraction of sp³-hybridized carbons (Fsp3) is 0.636. The number of fused-ring (bicyclic) bond motifs is 1. The van der Waals surface area contributed by atoms with Gasteiger partial charge in [0.2, 0.25) is 5.91 Å². The van der Waals surface area contributed by atoms with E-state index in [1.807, 2.05) is 6.92 Å². The maximum Gasteiger partial charge on any atom is 0.332 e. The van der Waals surface area contributed by atoms with Gasteiger partial charge in [0, 0.05) is 33.7 Å². The number of methoxy groups -OCH3 is 1. The highest BCUT2D eigenvalue weighted by molar-refractivity contribution is 8.00. The first-order valence-corrected chi connectivity index (χ1v) is 12.5. The summed E-state index contributed by atoms with van der Waals surface area (Å²) < 4.78 is 7.38. The highest BCUT2D eigenvalue weighted by Gasteiger charge is 2.20. The van der Waals surface area contributed by atoms with Gasteiger partial charge in [-0.05, 0) is 12.8 Å². The van der Waals surface area contributed by atoms with Crippen LogP contribution in [0.3, 0.4) is 0 Å². The topological polar surface area (TPSA) is 137 Å². The second kappa shape index (κ2) is 13.9. The number of imide groups is 1. The van der Waals surface area contributed by atoms with E-state index in [0.29, 0.717) is 36.8 Å². The molecule has 0 aliphatic rings. The van der Waals surface area contributed by atoms with Gasteiger partial charge in [0.25, 0.3) is 5.56 Å². The van der Waals surface area contributed by atoms with E-state index in [9.17, 15) is 19.2 Å². The minimum absolute atomic E-state index is 0.130. The number of carbonyl (C=O) groups is 2. The first-order valence-electron chi connectivity index (χ1n) is 11.5. The van der Waals surface area contributed by atoms with Gasteiger partial charge in [-0.1, -0.05) is 44.9 Å². The zero-order valence-electron chi connectivity index (χ0n) is 20.3. The lowest BCUT2D eigenvalue weighted by molar-refractivity contribution is -0.117. The minimum atomic E-state index is -0.625. The maximum atomic E-state index is 13.0. The van der Waals surface area contributed by atoms with Crippen molar-refractivity contribution in [1.82, 2.24) is 29.7 Å². The SMILES string of the molecule is CCCCCCc1nc(SCC(=O)NC(=O)NCCOC)c2c(=O)n(C)c(=O)n(CCC)c2n1. The van der Waals surface area contributed by atoms with Crippen molar-refractivity contribution in [1.29, 1.82) is 0 Å². The van der Waals surface area contributed by atoms with E-state index in [2.05, 4.69) is 27.5 Å². The predicted molar refractivity (Wildman–Crippen MR) is 131 cm³/mol. The van der Waals surface area contributed by atoms with E-state index in [1.54, 1.807) is 0 Å². The Morgan fingerprint density at radius 3 is 2.53 bits per heavy atom. The van der Waals surface area contributed by atoms with Crippen molar-refractivity contribution < 1.29 is 14.3 Å². The van der Waals surface area contributed by atoms with Crippen molar-refractivity contribution in [2.24, 2.45) is 7.05 Å². The molecule has 0 unspecified atom stereocenters.